The molecule has 0 saturated heterocycles. The number of carbonyl (C=O) groups is 1. The van der Waals surface area contributed by atoms with E-state index < -0.39 is 24.2 Å². The van der Waals surface area contributed by atoms with E-state index in [1.54, 1.807) is 20.8 Å². The van der Waals surface area contributed by atoms with Gasteiger partial charge in [0.05, 0.1) is 5.46 Å². The minimum Gasteiger partial charge on any atom is -0.444 e. The van der Waals surface area contributed by atoms with E-state index in [0.29, 0.717) is 0 Å². The molecule has 1 aromatic heterocycles. The number of hydrogen-bond acceptors (Lipinski definition) is 5. The lowest BCUT2D eigenvalue weighted by atomic mass is 9.80. The molecule has 0 fully saturated rings. The Morgan fingerprint density at radius 2 is 2.06 bits per heavy atom. The van der Waals surface area contributed by atoms with Crippen molar-refractivity contribution in [2.24, 2.45) is 0 Å². The number of ether oxygens (including phenoxy) is 1. The lowest BCUT2D eigenvalue weighted by molar-refractivity contribution is 0.0635. The predicted molar refractivity (Wildman–Crippen MR) is 66.7 cm³/mol. The van der Waals surface area contributed by atoms with Gasteiger partial charge < -0.3 is 19.8 Å². The average Bonchev–Trinajstić information content (AvgIpc) is 2.13. The molecule has 0 saturated carbocycles. The maximum absolute atomic E-state index is 11.5. The topological polar surface area (TPSA) is 112 Å². The molecule has 0 aliphatic rings. The second-order valence-electron chi connectivity index (χ2n) is 4.63. The van der Waals surface area contributed by atoms with Crippen molar-refractivity contribution in [1.29, 1.82) is 0 Å². The van der Waals surface area contributed by atoms with E-state index in [1.807, 2.05) is 0 Å². The van der Waals surface area contributed by atoms with Crippen LogP contribution in [0.5, 0.6) is 0 Å². The number of hydrogen-bond donors (Lipinski definition) is 4. The molecule has 0 bridgehead atoms. The Hall–Kier alpha value is -1.80. The third kappa shape index (κ3) is 3.90. The Morgan fingerprint density at radius 3 is 2.56 bits per heavy atom. The molecule has 8 heteroatoms. The molecular formula is C10H15BN2O5. The third-order valence-electron chi connectivity index (χ3n) is 1.88. The molecule has 0 aliphatic carbocycles. The number of nitrogens with one attached hydrogen (secondary N) is 2. The lowest BCUT2D eigenvalue weighted by Gasteiger charge is -2.20. The highest BCUT2D eigenvalue weighted by molar-refractivity contribution is 6.60. The summed E-state index contributed by atoms with van der Waals surface area (Å²) in [6, 6.07) is 1.12. The summed E-state index contributed by atoms with van der Waals surface area (Å²) < 4.78 is 4.98. The molecule has 1 amide bonds. The van der Waals surface area contributed by atoms with Gasteiger partial charge >= 0.3 is 13.2 Å². The Labute approximate surface area is 104 Å². The number of aromatic amines is 1. The van der Waals surface area contributed by atoms with Crippen LogP contribution in [0.15, 0.2) is 17.1 Å². The van der Waals surface area contributed by atoms with E-state index in [0.717, 1.165) is 6.07 Å². The van der Waals surface area contributed by atoms with Crippen molar-refractivity contribution in [1.82, 2.24) is 4.98 Å². The van der Waals surface area contributed by atoms with Gasteiger partial charge in [-0.15, -0.1) is 0 Å². The van der Waals surface area contributed by atoms with Gasteiger partial charge in [-0.2, -0.15) is 0 Å². The molecule has 7 nitrogen and oxygen atoms in total. The first-order valence-electron chi connectivity index (χ1n) is 5.28. The van der Waals surface area contributed by atoms with Crippen LogP contribution in [0.4, 0.5) is 10.6 Å². The van der Waals surface area contributed by atoms with Crippen LogP contribution in [0.1, 0.15) is 20.8 Å². The highest BCUT2D eigenvalue weighted by Gasteiger charge is 2.23. The fourth-order valence-electron chi connectivity index (χ4n) is 1.26. The first kappa shape index (κ1) is 14.3. The minimum absolute atomic E-state index is 0.105. The van der Waals surface area contributed by atoms with E-state index in [-0.39, 0.29) is 11.3 Å². The quantitative estimate of drug-likeness (QED) is 0.526. The molecule has 4 N–H and O–H groups in total. The highest BCUT2D eigenvalue weighted by Crippen LogP contribution is 2.08. The Kier molecular flexibility index (Phi) is 4.15. The van der Waals surface area contributed by atoms with Crippen molar-refractivity contribution >= 4 is 24.5 Å². The van der Waals surface area contributed by atoms with Gasteiger partial charge in [-0.05, 0) is 20.8 Å². The smallest absolute Gasteiger partial charge is 0.444 e. The fraction of sp³-hybridized carbons (Fsp3) is 0.400. The van der Waals surface area contributed by atoms with Crippen LogP contribution in [-0.4, -0.2) is 33.8 Å². The van der Waals surface area contributed by atoms with Crippen LogP contribution in [0.25, 0.3) is 0 Å². The van der Waals surface area contributed by atoms with Gasteiger partial charge in [-0.25, -0.2) is 4.79 Å². The van der Waals surface area contributed by atoms with E-state index >= 15 is 0 Å². The SMILES string of the molecule is CC(C)(C)OC(=O)Nc1[nH]ccc(=O)c1B(O)O. The van der Waals surface area contributed by atoms with Gasteiger partial charge in [0.2, 0.25) is 0 Å². The molecular weight excluding hydrogens is 239 g/mol. The summed E-state index contributed by atoms with van der Waals surface area (Å²) in [6.07, 6.45) is 0.479. The van der Waals surface area contributed by atoms with Crippen molar-refractivity contribution in [2.45, 2.75) is 26.4 Å². The molecule has 0 atom stereocenters. The zero-order valence-electron chi connectivity index (χ0n) is 10.4. The summed E-state index contributed by atoms with van der Waals surface area (Å²) in [5.74, 6) is -0.105. The summed E-state index contributed by atoms with van der Waals surface area (Å²) in [6.45, 7) is 5.05. The second kappa shape index (κ2) is 5.24. The number of amides is 1. The van der Waals surface area contributed by atoms with Gasteiger partial charge in [-0.1, -0.05) is 0 Å². The summed E-state index contributed by atoms with van der Waals surface area (Å²) in [7, 11) is -1.99. The first-order chi connectivity index (χ1) is 8.20. The summed E-state index contributed by atoms with van der Waals surface area (Å²) in [5, 5.41) is 20.4. The number of carbonyl (C=O) groups excluding carboxylic acids is 1. The Morgan fingerprint density at radius 1 is 1.44 bits per heavy atom. The molecule has 0 radical (unpaired) electrons. The van der Waals surface area contributed by atoms with Crippen LogP contribution in [0.3, 0.4) is 0 Å². The van der Waals surface area contributed by atoms with Gasteiger partial charge in [0.15, 0.2) is 5.43 Å². The summed E-state index contributed by atoms with van der Waals surface area (Å²) >= 11 is 0. The first-order valence-corrected chi connectivity index (χ1v) is 5.28. The van der Waals surface area contributed by atoms with E-state index in [9.17, 15) is 9.59 Å². The highest BCUT2D eigenvalue weighted by atomic mass is 16.6. The van der Waals surface area contributed by atoms with Crippen molar-refractivity contribution in [3.63, 3.8) is 0 Å². The molecule has 18 heavy (non-hydrogen) atoms. The second-order valence-corrected chi connectivity index (χ2v) is 4.63. The Bertz CT molecular complexity index is 492. The van der Waals surface area contributed by atoms with Crippen LogP contribution in [-0.2, 0) is 4.74 Å². The number of pyridine rings is 1. The summed E-state index contributed by atoms with van der Waals surface area (Å²) in [5.41, 5.74) is -1.64. The minimum atomic E-state index is -1.99. The lowest BCUT2D eigenvalue weighted by Crippen LogP contribution is -2.44. The Balaban J connectivity index is 2.95. The molecule has 0 unspecified atom stereocenters. The molecule has 1 rings (SSSR count). The largest absolute Gasteiger partial charge is 0.496 e. The van der Waals surface area contributed by atoms with Gasteiger partial charge in [-0.3, -0.25) is 10.1 Å². The normalized spacial score (nSPS) is 10.9. The molecule has 0 aliphatic heterocycles. The number of H-pyrrole nitrogens is 1. The molecule has 1 aromatic rings. The van der Waals surface area contributed by atoms with E-state index in [1.165, 1.54) is 6.20 Å². The van der Waals surface area contributed by atoms with Gasteiger partial charge in [0.1, 0.15) is 11.4 Å². The van der Waals surface area contributed by atoms with Gasteiger partial charge in [0.25, 0.3) is 0 Å². The monoisotopic (exact) mass is 254 g/mol. The van der Waals surface area contributed by atoms with Crippen LogP contribution in [0, 0.1) is 0 Å². The van der Waals surface area contributed by atoms with Crippen LogP contribution >= 0.6 is 0 Å². The van der Waals surface area contributed by atoms with E-state index in [2.05, 4.69) is 10.3 Å². The van der Waals surface area contributed by atoms with Crippen LogP contribution < -0.4 is 16.2 Å². The standard InChI is InChI=1S/C10H15BN2O5/c1-10(2,3)18-9(15)13-8-7(11(16)17)6(14)4-5-12-8/h4-5,16-17H,1-3H3,(H2,12,13,14,15). The molecule has 1 heterocycles. The average molecular weight is 254 g/mol. The molecule has 98 valence electrons. The zero-order valence-corrected chi connectivity index (χ0v) is 10.4. The van der Waals surface area contributed by atoms with Gasteiger partial charge in [0, 0.05) is 12.3 Å². The predicted octanol–water partition coefficient (Wildman–Crippen LogP) is -0.598. The van der Waals surface area contributed by atoms with E-state index in [4.69, 9.17) is 14.8 Å². The molecule has 0 spiro atoms. The third-order valence-corrected chi connectivity index (χ3v) is 1.88. The maximum Gasteiger partial charge on any atom is 0.496 e. The van der Waals surface area contributed by atoms with Crippen LogP contribution in [0.2, 0.25) is 0 Å². The zero-order chi connectivity index (χ0) is 13.9. The van der Waals surface area contributed by atoms with Crippen molar-refractivity contribution in [3.05, 3.63) is 22.5 Å². The number of rotatable bonds is 2. The van der Waals surface area contributed by atoms with Crippen molar-refractivity contribution in [2.75, 3.05) is 5.32 Å². The summed E-state index contributed by atoms with van der Waals surface area (Å²) in [4.78, 5) is 25.5. The van der Waals surface area contributed by atoms with Crippen molar-refractivity contribution in [3.8, 4) is 0 Å². The van der Waals surface area contributed by atoms with Crippen molar-refractivity contribution < 1.29 is 19.6 Å². The maximum atomic E-state index is 11.5. The number of anilines is 1. The fourth-order valence-corrected chi connectivity index (χ4v) is 1.26. The number of aromatic nitrogens is 1. The molecule has 0 aromatic carbocycles.